The molecule has 5 N–H and O–H groups in total. The van der Waals surface area contributed by atoms with Crippen molar-refractivity contribution in [3.8, 4) is 5.75 Å². The number of halogens is 1. The van der Waals surface area contributed by atoms with Gasteiger partial charge < -0.3 is 10.4 Å². The molecule has 0 spiro atoms. The van der Waals surface area contributed by atoms with E-state index in [0.717, 1.165) is 0 Å². The molecular weight excluding hydrogens is 314 g/mol. The van der Waals surface area contributed by atoms with Crippen LogP contribution in [-0.2, 0) is 16.8 Å². The van der Waals surface area contributed by atoms with Crippen LogP contribution in [0.4, 0.5) is 11.4 Å². The van der Waals surface area contributed by atoms with Crippen molar-refractivity contribution in [2.45, 2.75) is 6.54 Å². The molecule has 0 heterocycles. The fourth-order valence-electron chi connectivity index (χ4n) is 1.76. The molecule has 21 heavy (non-hydrogen) atoms. The first-order valence-corrected chi connectivity index (χ1v) is 7.88. The minimum atomic E-state index is -3.81. The molecule has 0 atom stereocenters. The SMILES string of the molecule is NS(=O)(=O)Nc1cccc(NCc2cccc(Cl)c2O)c1. The number of hydrogen-bond donors (Lipinski definition) is 4. The Balaban J connectivity index is 2.10. The number of nitrogens with one attached hydrogen (secondary N) is 2. The van der Waals surface area contributed by atoms with Gasteiger partial charge in [0.05, 0.1) is 10.7 Å². The Morgan fingerprint density at radius 2 is 1.81 bits per heavy atom. The zero-order valence-electron chi connectivity index (χ0n) is 10.9. The highest BCUT2D eigenvalue weighted by atomic mass is 35.5. The van der Waals surface area contributed by atoms with E-state index < -0.39 is 10.2 Å². The van der Waals surface area contributed by atoms with Gasteiger partial charge in [-0.15, -0.1) is 0 Å². The molecule has 6 nitrogen and oxygen atoms in total. The molecule has 0 saturated heterocycles. The fraction of sp³-hybridized carbons (Fsp3) is 0.0769. The number of hydrogen-bond acceptors (Lipinski definition) is 4. The van der Waals surface area contributed by atoms with Crippen molar-refractivity contribution in [2.75, 3.05) is 10.0 Å². The number of phenols is 1. The zero-order chi connectivity index (χ0) is 15.5. The second kappa shape index (κ2) is 6.21. The number of phenolic OH excluding ortho intramolecular Hbond substituents is 1. The molecule has 0 aliphatic carbocycles. The van der Waals surface area contributed by atoms with E-state index in [0.29, 0.717) is 23.5 Å². The quantitative estimate of drug-likeness (QED) is 0.676. The van der Waals surface area contributed by atoms with Crippen LogP contribution in [0.2, 0.25) is 5.02 Å². The van der Waals surface area contributed by atoms with E-state index in [4.69, 9.17) is 16.7 Å². The maximum atomic E-state index is 11.0. The van der Waals surface area contributed by atoms with Gasteiger partial charge in [0.25, 0.3) is 10.2 Å². The van der Waals surface area contributed by atoms with Crippen molar-refractivity contribution in [1.82, 2.24) is 0 Å². The summed E-state index contributed by atoms with van der Waals surface area (Å²) in [5.74, 6) is 0.0190. The van der Waals surface area contributed by atoms with Crippen LogP contribution in [-0.4, -0.2) is 13.5 Å². The summed E-state index contributed by atoms with van der Waals surface area (Å²) in [6.07, 6.45) is 0. The summed E-state index contributed by atoms with van der Waals surface area (Å²) in [7, 11) is -3.81. The molecule has 2 aromatic carbocycles. The average Bonchev–Trinajstić information content (AvgIpc) is 2.39. The Labute approximate surface area is 127 Å². The Morgan fingerprint density at radius 3 is 2.52 bits per heavy atom. The lowest BCUT2D eigenvalue weighted by Crippen LogP contribution is -2.21. The predicted octanol–water partition coefficient (Wildman–Crippen LogP) is 2.27. The van der Waals surface area contributed by atoms with Crippen molar-refractivity contribution in [3.63, 3.8) is 0 Å². The number of nitrogens with two attached hydrogens (primary N) is 1. The summed E-state index contributed by atoms with van der Waals surface area (Å²) in [6.45, 7) is 0.339. The van der Waals surface area contributed by atoms with Crippen molar-refractivity contribution in [2.24, 2.45) is 5.14 Å². The van der Waals surface area contributed by atoms with Crippen molar-refractivity contribution in [1.29, 1.82) is 0 Å². The lowest BCUT2D eigenvalue weighted by molar-refractivity contribution is 0.469. The van der Waals surface area contributed by atoms with Gasteiger partial charge in [-0.3, -0.25) is 4.72 Å². The molecule has 0 aliphatic heterocycles. The molecule has 112 valence electrons. The van der Waals surface area contributed by atoms with Crippen molar-refractivity contribution in [3.05, 3.63) is 53.1 Å². The molecule has 2 aromatic rings. The van der Waals surface area contributed by atoms with Crippen molar-refractivity contribution >= 4 is 33.2 Å². The molecule has 0 bridgehead atoms. The maximum absolute atomic E-state index is 11.0. The van der Waals surface area contributed by atoms with Gasteiger partial charge in [0.15, 0.2) is 0 Å². The minimum absolute atomic E-state index is 0.0190. The maximum Gasteiger partial charge on any atom is 0.296 e. The van der Waals surface area contributed by atoms with Crippen LogP contribution in [0, 0.1) is 0 Å². The van der Waals surface area contributed by atoms with Gasteiger partial charge in [0, 0.05) is 17.8 Å². The first-order chi connectivity index (χ1) is 9.85. The number of anilines is 2. The van der Waals surface area contributed by atoms with E-state index in [1.807, 2.05) is 0 Å². The first kappa shape index (κ1) is 15.4. The zero-order valence-corrected chi connectivity index (χ0v) is 12.4. The smallest absolute Gasteiger partial charge is 0.296 e. The standard InChI is InChI=1S/C13H14ClN3O3S/c14-12-6-1-3-9(13(12)18)8-16-10-4-2-5-11(7-10)17-21(15,19)20/h1-7,16-18H,8H2,(H2,15,19,20). The van der Waals surface area contributed by atoms with E-state index >= 15 is 0 Å². The van der Waals surface area contributed by atoms with Crippen LogP contribution in [0.1, 0.15) is 5.56 Å². The highest BCUT2D eigenvalue weighted by molar-refractivity contribution is 7.90. The summed E-state index contributed by atoms with van der Waals surface area (Å²) in [6, 6.07) is 11.7. The lowest BCUT2D eigenvalue weighted by Gasteiger charge is -2.10. The van der Waals surface area contributed by atoms with Crippen LogP contribution < -0.4 is 15.2 Å². The normalized spacial score (nSPS) is 11.1. The molecule has 0 radical (unpaired) electrons. The Kier molecular flexibility index (Phi) is 4.56. The van der Waals surface area contributed by atoms with Gasteiger partial charge in [-0.05, 0) is 24.3 Å². The van der Waals surface area contributed by atoms with Gasteiger partial charge in [-0.1, -0.05) is 29.8 Å². The van der Waals surface area contributed by atoms with E-state index in [-0.39, 0.29) is 10.8 Å². The van der Waals surface area contributed by atoms with Crippen LogP contribution >= 0.6 is 11.6 Å². The topological polar surface area (TPSA) is 104 Å². The van der Waals surface area contributed by atoms with Crippen LogP contribution in [0.25, 0.3) is 0 Å². The van der Waals surface area contributed by atoms with Crippen LogP contribution in [0.3, 0.4) is 0 Å². The minimum Gasteiger partial charge on any atom is -0.506 e. The molecule has 8 heteroatoms. The highest BCUT2D eigenvalue weighted by Crippen LogP contribution is 2.27. The van der Waals surface area contributed by atoms with E-state index in [1.165, 1.54) is 0 Å². The lowest BCUT2D eigenvalue weighted by atomic mass is 10.2. The summed E-state index contributed by atoms with van der Waals surface area (Å²) in [4.78, 5) is 0. The largest absolute Gasteiger partial charge is 0.506 e. The fourth-order valence-corrected chi connectivity index (χ4v) is 2.41. The number of para-hydroxylation sites is 1. The average molecular weight is 328 g/mol. The number of aromatic hydroxyl groups is 1. The van der Waals surface area contributed by atoms with Gasteiger partial charge >= 0.3 is 0 Å². The Bertz CT molecular complexity index is 750. The van der Waals surface area contributed by atoms with E-state index in [2.05, 4.69) is 10.0 Å². The molecule has 0 aromatic heterocycles. The summed E-state index contributed by atoms with van der Waals surface area (Å²) >= 11 is 5.83. The van der Waals surface area contributed by atoms with Crippen LogP contribution in [0.15, 0.2) is 42.5 Å². The third-order valence-electron chi connectivity index (χ3n) is 2.68. The van der Waals surface area contributed by atoms with Gasteiger partial charge in [-0.2, -0.15) is 8.42 Å². The van der Waals surface area contributed by atoms with E-state index in [1.54, 1.807) is 42.5 Å². The van der Waals surface area contributed by atoms with Crippen LogP contribution in [0.5, 0.6) is 5.75 Å². The molecule has 0 aliphatic rings. The Morgan fingerprint density at radius 1 is 1.14 bits per heavy atom. The summed E-state index contributed by atoms with van der Waals surface area (Å²) < 4.78 is 24.1. The summed E-state index contributed by atoms with van der Waals surface area (Å²) in [5.41, 5.74) is 1.65. The monoisotopic (exact) mass is 327 g/mol. The van der Waals surface area contributed by atoms with Gasteiger partial charge in [-0.25, -0.2) is 5.14 Å². The van der Waals surface area contributed by atoms with Gasteiger partial charge in [0.2, 0.25) is 0 Å². The number of benzene rings is 2. The second-order valence-electron chi connectivity index (χ2n) is 4.33. The molecule has 2 rings (SSSR count). The predicted molar refractivity (Wildman–Crippen MR) is 83.6 cm³/mol. The highest BCUT2D eigenvalue weighted by Gasteiger charge is 2.06. The molecule has 0 fully saturated rings. The molecule has 0 saturated carbocycles. The molecule has 0 unspecified atom stereocenters. The second-order valence-corrected chi connectivity index (χ2v) is 6.03. The Hall–Kier alpha value is -1.96. The molecular formula is C13H14ClN3O3S. The van der Waals surface area contributed by atoms with Crippen molar-refractivity contribution < 1.29 is 13.5 Å². The number of rotatable bonds is 5. The third-order valence-corrected chi connectivity index (χ3v) is 3.50. The first-order valence-electron chi connectivity index (χ1n) is 5.96. The molecule has 0 amide bonds. The van der Waals surface area contributed by atoms with Gasteiger partial charge in [0.1, 0.15) is 5.75 Å². The third kappa shape index (κ3) is 4.52. The summed E-state index contributed by atoms with van der Waals surface area (Å²) in [5, 5.41) is 18.1. The van der Waals surface area contributed by atoms with E-state index in [9.17, 15) is 13.5 Å².